The van der Waals surface area contributed by atoms with Gasteiger partial charge < -0.3 is 20.3 Å². The summed E-state index contributed by atoms with van der Waals surface area (Å²) in [4.78, 5) is 39.0. The Morgan fingerprint density at radius 1 is 0.935 bits per heavy atom. The van der Waals surface area contributed by atoms with Gasteiger partial charge in [-0.2, -0.15) is 0 Å². The van der Waals surface area contributed by atoms with E-state index in [4.69, 9.17) is 4.74 Å². The van der Waals surface area contributed by atoms with Gasteiger partial charge in [-0.05, 0) is 49.2 Å². The Hall–Kier alpha value is -3.35. The molecule has 3 amide bonds. The number of carbonyl (C=O) groups excluding carboxylic acids is 3. The summed E-state index contributed by atoms with van der Waals surface area (Å²) in [6, 6.07) is 15.4. The van der Waals surface area contributed by atoms with Crippen molar-refractivity contribution in [1.29, 1.82) is 0 Å². The number of hydrogen-bond donors (Lipinski definition) is 2. The number of para-hydroxylation sites is 1. The molecular formula is C24H29N3O4. The van der Waals surface area contributed by atoms with Crippen LogP contribution in [0.3, 0.4) is 0 Å². The van der Waals surface area contributed by atoms with Crippen molar-refractivity contribution in [3.63, 3.8) is 0 Å². The molecule has 0 aliphatic carbocycles. The molecule has 2 aromatic carbocycles. The Balaban J connectivity index is 1.52. The minimum Gasteiger partial charge on any atom is -0.426 e. The van der Waals surface area contributed by atoms with Crippen molar-refractivity contribution in [2.45, 2.75) is 33.6 Å². The number of nitrogens with zero attached hydrogens (tertiary/aromatic N) is 1. The van der Waals surface area contributed by atoms with Crippen LogP contribution in [0.4, 0.5) is 16.2 Å². The topological polar surface area (TPSA) is 87.7 Å². The van der Waals surface area contributed by atoms with Crippen LogP contribution in [-0.2, 0) is 9.59 Å². The third-order valence-electron chi connectivity index (χ3n) is 5.05. The number of piperidine rings is 1. The van der Waals surface area contributed by atoms with Crippen LogP contribution in [0.1, 0.15) is 33.6 Å². The number of benzene rings is 2. The van der Waals surface area contributed by atoms with Gasteiger partial charge in [0.2, 0.25) is 5.91 Å². The Bertz CT molecular complexity index is 920. The van der Waals surface area contributed by atoms with E-state index in [1.54, 1.807) is 41.3 Å². The summed E-state index contributed by atoms with van der Waals surface area (Å²) in [6.45, 7) is 6.70. The van der Waals surface area contributed by atoms with Crippen LogP contribution in [0, 0.1) is 11.3 Å². The molecule has 7 heteroatoms. The van der Waals surface area contributed by atoms with Crippen LogP contribution in [0.5, 0.6) is 5.75 Å². The van der Waals surface area contributed by atoms with Gasteiger partial charge in [-0.15, -0.1) is 0 Å². The van der Waals surface area contributed by atoms with Crippen LogP contribution < -0.4 is 15.4 Å². The molecule has 1 aliphatic heterocycles. The summed E-state index contributed by atoms with van der Waals surface area (Å²) < 4.78 is 5.52. The highest BCUT2D eigenvalue weighted by Gasteiger charge is 2.34. The van der Waals surface area contributed by atoms with Gasteiger partial charge >= 0.3 is 12.0 Å². The molecule has 1 atom stereocenters. The van der Waals surface area contributed by atoms with E-state index in [0.717, 1.165) is 6.42 Å². The van der Waals surface area contributed by atoms with Gasteiger partial charge in [-0.25, -0.2) is 4.79 Å². The number of ether oxygens (including phenoxy) is 1. The normalized spacial score (nSPS) is 16.4. The largest absolute Gasteiger partial charge is 0.426 e. The van der Waals surface area contributed by atoms with Gasteiger partial charge in [0, 0.05) is 29.9 Å². The summed E-state index contributed by atoms with van der Waals surface area (Å²) in [5.74, 6) is -0.226. The van der Waals surface area contributed by atoms with E-state index in [9.17, 15) is 14.4 Å². The third-order valence-corrected chi connectivity index (χ3v) is 5.05. The van der Waals surface area contributed by atoms with Crippen molar-refractivity contribution in [1.82, 2.24) is 4.90 Å². The standard InChI is InChI=1S/C24H29N3O4/c1-24(2,3)22(29)27-15-7-8-17(16-27)21(28)31-20-13-11-19(12-14-20)26-23(30)25-18-9-5-4-6-10-18/h4-6,9-14,17H,7-8,15-16H2,1-3H3,(H2,25,26,30). The van der Waals surface area contributed by atoms with E-state index in [1.165, 1.54) is 0 Å². The number of anilines is 2. The highest BCUT2D eigenvalue weighted by molar-refractivity contribution is 5.99. The minimum atomic E-state index is -0.471. The van der Waals surface area contributed by atoms with Crippen LogP contribution in [0.2, 0.25) is 0 Å². The predicted octanol–water partition coefficient (Wildman–Crippen LogP) is 4.52. The van der Waals surface area contributed by atoms with Gasteiger partial charge in [-0.3, -0.25) is 9.59 Å². The highest BCUT2D eigenvalue weighted by Crippen LogP contribution is 2.25. The molecule has 1 heterocycles. The molecule has 1 fully saturated rings. The second-order valence-corrected chi connectivity index (χ2v) is 8.73. The first kappa shape index (κ1) is 22.3. The van der Waals surface area contributed by atoms with Crippen molar-refractivity contribution < 1.29 is 19.1 Å². The van der Waals surface area contributed by atoms with Crippen LogP contribution in [-0.4, -0.2) is 35.9 Å². The molecule has 1 aliphatic rings. The van der Waals surface area contributed by atoms with Gasteiger partial charge in [0.25, 0.3) is 0 Å². The molecule has 7 nitrogen and oxygen atoms in total. The number of amides is 3. The average Bonchev–Trinajstić information content (AvgIpc) is 2.74. The molecule has 1 unspecified atom stereocenters. The first-order valence-electron chi connectivity index (χ1n) is 10.5. The van der Waals surface area contributed by atoms with E-state index in [0.29, 0.717) is 36.6 Å². The molecule has 0 radical (unpaired) electrons. The zero-order valence-corrected chi connectivity index (χ0v) is 18.2. The summed E-state index contributed by atoms with van der Waals surface area (Å²) >= 11 is 0. The molecule has 1 saturated heterocycles. The molecular weight excluding hydrogens is 394 g/mol. The number of carbonyl (C=O) groups is 3. The maximum Gasteiger partial charge on any atom is 0.323 e. The van der Waals surface area contributed by atoms with E-state index < -0.39 is 5.41 Å². The molecule has 164 valence electrons. The van der Waals surface area contributed by atoms with Crippen molar-refractivity contribution in [2.75, 3.05) is 23.7 Å². The average molecular weight is 424 g/mol. The van der Waals surface area contributed by atoms with E-state index in [-0.39, 0.29) is 23.8 Å². The second-order valence-electron chi connectivity index (χ2n) is 8.73. The second kappa shape index (κ2) is 9.64. The predicted molar refractivity (Wildman–Crippen MR) is 120 cm³/mol. The summed E-state index contributed by atoms with van der Waals surface area (Å²) in [6.07, 6.45) is 1.48. The van der Waals surface area contributed by atoms with Gasteiger partial charge in [0.05, 0.1) is 5.92 Å². The number of urea groups is 1. The number of hydrogen-bond acceptors (Lipinski definition) is 4. The van der Waals surface area contributed by atoms with Crippen molar-refractivity contribution >= 4 is 29.3 Å². The zero-order chi connectivity index (χ0) is 22.4. The lowest BCUT2D eigenvalue weighted by Gasteiger charge is -2.35. The quantitative estimate of drug-likeness (QED) is 0.559. The molecule has 0 spiro atoms. The molecule has 0 aromatic heterocycles. The van der Waals surface area contributed by atoms with E-state index in [1.807, 2.05) is 39.0 Å². The fourth-order valence-corrected chi connectivity index (χ4v) is 3.45. The number of rotatable bonds is 4. The van der Waals surface area contributed by atoms with E-state index in [2.05, 4.69) is 10.6 Å². The Kier molecular flexibility index (Phi) is 6.95. The molecule has 2 aromatic rings. The monoisotopic (exact) mass is 423 g/mol. The maximum absolute atomic E-state index is 12.6. The van der Waals surface area contributed by atoms with Gasteiger partial charge in [-0.1, -0.05) is 39.0 Å². The van der Waals surface area contributed by atoms with E-state index >= 15 is 0 Å². The van der Waals surface area contributed by atoms with Crippen LogP contribution in [0.15, 0.2) is 54.6 Å². The minimum absolute atomic E-state index is 0.0502. The Morgan fingerprint density at radius 3 is 2.16 bits per heavy atom. The Morgan fingerprint density at radius 2 is 1.55 bits per heavy atom. The molecule has 3 rings (SSSR count). The first-order chi connectivity index (χ1) is 14.7. The lowest BCUT2D eigenvalue weighted by atomic mass is 9.91. The fraction of sp³-hybridized carbons (Fsp3) is 0.375. The summed E-state index contributed by atoms with van der Waals surface area (Å²) in [5, 5.41) is 5.47. The van der Waals surface area contributed by atoms with Crippen LogP contribution >= 0.6 is 0 Å². The summed E-state index contributed by atoms with van der Waals surface area (Å²) in [5.41, 5.74) is 0.798. The van der Waals surface area contributed by atoms with Crippen molar-refractivity contribution in [2.24, 2.45) is 11.3 Å². The molecule has 0 saturated carbocycles. The lowest BCUT2D eigenvalue weighted by Crippen LogP contribution is -2.47. The Labute approximate surface area is 182 Å². The first-order valence-corrected chi connectivity index (χ1v) is 10.5. The van der Waals surface area contributed by atoms with Gasteiger partial charge in [0.15, 0.2) is 0 Å². The molecule has 31 heavy (non-hydrogen) atoms. The fourth-order valence-electron chi connectivity index (χ4n) is 3.45. The lowest BCUT2D eigenvalue weighted by molar-refractivity contribution is -0.146. The van der Waals surface area contributed by atoms with Crippen molar-refractivity contribution in [3.8, 4) is 5.75 Å². The van der Waals surface area contributed by atoms with Crippen molar-refractivity contribution in [3.05, 3.63) is 54.6 Å². The third kappa shape index (κ3) is 6.31. The van der Waals surface area contributed by atoms with Crippen LogP contribution in [0.25, 0.3) is 0 Å². The number of esters is 1. The zero-order valence-electron chi connectivity index (χ0n) is 18.2. The highest BCUT2D eigenvalue weighted by atomic mass is 16.5. The maximum atomic E-state index is 12.6. The van der Waals surface area contributed by atoms with Gasteiger partial charge in [0.1, 0.15) is 5.75 Å². The SMILES string of the molecule is CC(C)(C)C(=O)N1CCCC(C(=O)Oc2ccc(NC(=O)Nc3ccccc3)cc2)C1. The number of likely N-dealkylation sites (tertiary alicyclic amines) is 1. The molecule has 0 bridgehead atoms. The molecule has 2 N–H and O–H groups in total. The number of nitrogens with one attached hydrogen (secondary N) is 2. The smallest absolute Gasteiger partial charge is 0.323 e. The summed E-state index contributed by atoms with van der Waals surface area (Å²) in [7, 11) is 0.